The lowest BCUT2D eigenvalue weighted by molar-refractivity contribution is -0.116. The number of hydrogen-bond acceptors (Lipinski definition) is 3. The Morgan fingerprint density at radius 3 is 2.48 bits per heavy atom. The number of fused-ring (bicyclic) bond motifs is 1. The van der Waals surface area contributed by atoms with Crippen molar-refractivity contribution < 1.29 is 23.8 Å². The average Bonchev–Trinajstić information content (AvgIpc) is 3.44. The Bertz CT molecular complexity index is 938. The fourth-order valence-corrected chi connectivity index (χ4v) is 4.45. The molecular weight excluding hydrogens is 349 g/mol. The number of methoxy groups -OCH3 is 1. The lowest BCUT2D eigenvalue weighted by Gasteiger charge is -2.42. The largest absolute Gasteiger partial charge is 0.494 e. The number of benzene rings is 2. The maximum atomic E-state index is 14.1. The van der Waals surface area contributed by atoms with Gasteiger partial charge in [0.1, 0.15) is 5.54 Å². The van der Waals surface area contributed by atoms with E-state index in [4.69, 9.17) is 4.74 Å². The highest BCUT2D eigenvalue weighted by Crippen LogP contribution is 2.63. The zero-order valence-corrected chi connectivity index (χ0v) is 14.9. The molecule has 27 heavy (non-hydrogen) atoms. The summed E-state index contributed by atoms with van der Waals surface area (Å²) in [7, 11) is 1.42. The average molecular weight is 369 g/mol. The van der Waals surface area contributed by atoms with Gasteiger partial charge in [-0.05, 0) is 60.1 Å². The molecule has 1 amide bonds. The molecule has 0 saturated heterocycles. The first-order chi connectivity index (χ1) is 12.9. The second-order valence-electron chi connectivity index (χ2n) is 7.36. The first-order valence-electron chi connectivity index (χ1n) is 8.89. The highest BCUT2D eigenvalue weighted by molar-refractivity contribution is 5.81. The van der Waals surface area contributed by atoms with Gasteiger partial charge in [-0.1, -0.05) is 24.3 Å². The van der Waals surface area contributed by atoms with Gasteiger partial charge in [-0.3, -0.25) is 0 Å². The molecule has 2 aromatic carbocycles. The van der Waals surface area contributed by atoms with Crippen molar-refractivity contribution in [3.8, 4) is 16.9 Å². The second kappa shape index (κ2) is 6.08. The standard InChI is InChI=1S/C21H20FNO4/c1-27-18-5-3-14(11-17(18)22)13-2-4-16-15(10-13)6-7-20(8-9-20)21(16,12-24)23-19(25)26/h2-5,10-12,23H,6-9H2,1H3,(H,25,26)/t21-/m1/s1. The molecule has 1 fully saturated rings. The fourth-order valence-electron chi connectivity index (χ4n) is 4.45. The van der Waals surface area contributed by atoms with Gasteiger partial charge in [-0.25, -0.2) is 9.18 Å². The van der Waals surface area contributed by atoms with Gasteiger partial charge in [0, 0.05) is 5.41 Å². The molecule has 4 rings (SSSR count). The number of carbonyl (C=O) groups excluding carboxylic acids is 1. The zero-order valence-electron chi connectivity index (χ0n) is 14.9. The summed E-state index contributed by atoms with van der Waals surface area (Å²) in [5, 5.41) is 11.8. The van der Waals surface area contributed by atoms with Gasteiger partial charge in [0.25, 0.3) is 0 Å². The van der Waals surface area contributed by atoms with Gasteiger partial charge < -0.3 is 20.0 Å². The maximum Gasteiger partial charge on any atom is 0.405 e. The summed E-state index contributed by atoms with van der Waals surface area (Å²) in [6, 6.07) is 10.3. The summed E-state index contributed by atoms with van der Waals surface area (Å²) in [5.74, 6) is -0.266. The number of nitrogens with one attached hydrogen (secondary N) is 1. The van der Waals surface area contributed by atoms with Crippen LogP contribution in [0.1, 0.15) is 30.4 Å². The molecule has 0 aromatic heterocycles. The van der Waals surface area contributed by atoms with Crippen LogP contribution >= 0.6 is 0 Å². The molecule has 140 valence electrons. The number of aryl methyl sites for hydroxylation is 1. The highest BCUT2D eigenvalue weighted by Gasteiger charge is 2.63. The molecule has 6 heteroatoms. The van der Waals surface area contributed by atoms with E-state index in [1.54, 1.807) is 18.2 Å². The van der Waals surface area contributed by atoms with Crippen LogP contribution in [0.5, 0.6) is 5.75 Å². The Morgan fingerprint density at radius 1 is 1.19 bits per heavy atom. The number of aldehydes is 1. The fraction of sp³-hybridized carbons (Fsp3) is 0.333. The summed E-state index contributed by atoms with van der Waals surface area (Å²) in [6.07, 6.45) is 2.72. The van der Waals surface area contributed by atoms with Crippen molar-refractivity contribution in [3.05, 3.63) is 53.3 Å². The Hall–Kier alpha value is -2.89. The van der Waals surface area contributed by atoms with Crippen molar-refractivity contribution in [1.82, 2.24) is 5.32 Å². The van der Waals surface area contributed by atoms with E-state index in [1.165, 1.54) is 13.2 Å². The Kier molecular flexibility index (Phi) is 3.94. The summed E-state index contributed by atoms with van der Waals surface area (Å²) in [4.78, 5) is 23.5. The first-order valence-corrected chi connectivity index (χ1v) is 8.89. The molecule has 2 aromatic rings. The smallest absolute Gasteiger partial charge is 0.405 e. The lowest BCUT2D eigenvalue weighted by atomic mass is 9.67. The van der Waals surface area contributed by atoms with Crippen molar-refractivity contribution in [2.75, 3.05) is 7.11 Å². The molecule has 1 saturated carbocycles. The summed E-state index contributed by atoms with van der Waals surface area (Å²) < 4.78 is 19.0. The minimum atomic E-state index is -1.21. The van der Waals surface area contributed by atoms with Crippen LogP contribution in [0.4, 0.5) is 9.18 Å². The molecule has 2 N–H and O–H groups in total. The molecule has 1 atom stereocenters. The topological polar surface area (TPSA) is 75.6 Å². The molecular formula is C21H20FNO4. The summed E-state index contributed by atoms with van der Waals surface area (Å²) in [5.41, 5.74) is 1.61. The Morgan fingerprint density at radius 2 is 1.89 bits per heavy atom. The third-order valence-corrected chi connectivity index (χ3v) is 6.06. The number of ether oxygens (including phenoxy) is 1. The van der Waals surface area contributed by atoms with E-state index >= 15 is 0 Å². The number of carboxylic acid groups (broad SMARTS) is 1. The van der Waals surface area contributed by atoms with Crippen molar-refractivity contribution >= 4 is 12.4 Å². The van der Waals surface area contributed by atoms with Crippen LogP contribution < -0.4 is 10.1 Å². The molecule has 1 spiro atoms. The van der Waals surface area contributed by atoms with E-state index in [0.717, 1.165) is 43.1 Å². The SMILES string of the molecule is COc1ccc(-c2ccc3c(c2)CCC2(CC2)[C@]3(C=O)NC(=O)O)cc1F. The monoisotopic (exact) mass is 369 g/mol. The number of amides is 1. The molecule has 0 bridgehead atoms. The van der Waals surface area contributed by atoms with Crippen molar-refractivity contribution in [1.29, 1.82) is 0 Å². The van der Waals surface area contributed by atoms with Crippen LogP contribution in [-0.2, 0) is 16.8 Å². The third kappa shape index (κ3) is 2.59. The van der Waals surface area contributed by atoms with E-state index in [0.29, 0.717) is 11.1 Å². The number of hydrogen-bond donors (Lipinski definition) is 2. The predicted molar refractivity (Wildman–Crippen MR) is 97.3 cm³/mol. The van der Waals surface area contributed by atoms with E-state index in [2.05, 4.69) is 5.32 Å². The van der Waals surface area contributed by atoms with Crippen molar-refractivity contribution in [2.45, 2.75) is 31.2 Å². The molecule has 0 unspecified atom stereocenters. The van der Waals surface area contributed by atoms with Crippen molar-refractivity contribution in [3.63, 3.8) is 0 Å². The number of halogens is 1. The molecule has 2 aliphatic rings. The van der Waals surface area contributed by atoms with E-state index in [1.807, 2.05) is 12.1 Å². The molecule has 2 aliphatic carbocycles. The normalized spacial score (nSPS) is 22.0. The van der Waals surface area contributed by atoms with Gasteiger partial charge >= 0.3 is 6.09 Å². The van der Waals surface area contributed by atoms with Crippen LogP contribution in [0.2, 0.25) is 0 Å². The van der Waals surface area contributed by atoms with Crippen LogP contribution in [0.3, 0.4) is 0 Å². The predicted octanol–water partition coefficient (Wildman–Crippen LogP) is 3.89. The van der Waals surface area contributed by atoms with Crippen LogP contribution in [0.25, 0.3) is 11.1 Å². The van der Waals surface area contributed by atoms with E-state index in [9.17, 15) is 19.1 Å². The van der Waals surface area contributed by atoms with Gasteiger partial charge in [0.2, 0.25) is 0 Å². The minimum absolute atomic E-state index is 0.179. The highest BCUT2D eigenvalue weighted by atomic mass is 19.1. The minimum Gasteiger partial charge on any atom is -0.494 e. The molecule has 0 radical (unpaired) electrons. The maximum absolute atomic E-state index is 14.1. The Labute approximate surface area is 156 Å². The Balaban J connectivity index is 1.80. The van der Waals surface area contributed by atoms with E-state index < -0.39 is 17.4 Å². The summed E-state index contributed by atoms with van der Waals surface area (Å²) >= 11 is 0. The van der Waals surface area contributed by atoms with Gasteiger partial charge in [-0.2, -0.15) is 0 Å². The van der Waals surface area contributed by atoms with Crippen LogP contribution in [-0.4, -0.2) is 24.6 Å². The number of carbonyl (C=O) groups is 2. The first kappa shape index (κ1) is 17.5. The molecule has 0 heterocycles. The third-order valence-electron chi connectivity index (χ3n) is 6.06. The van der Waals surface area contributed by atoms with Crippen LogP contribution in [0.15, 0.2) is 36.4 Å². The zero-order chi connectivity index (χ0) is 19.2. The number of rotatable bonds is 4. The van der Waals surface area contributed by atoms with E-state index in [-0.39, 0.29) is 11.2 Å². The summed E-state index contributed by atoms with van der Waals surface area (Å²) in [6.45, 7) is 0. The van der Waals surface area contributed by atoms with Gasteiger partial charge in [-0.15, -0.1) is 0 Å². The second-order valence-corrected chi connectivity index (χ2v) is 7.36. The van der Waals surface area contributed by atoms with Crippen LogP contribution in [0, 0.1) is 11.2 Å². The van der Waals surface area contributed by atoms with Crippen molar-refractivity contribution in [2.24, 2.45) is 5.41 Å². The molecule has 5 nitrogen and oxygen atoms in total. The van der Waals surface area contributed by atoms with Gasteiger partial charge in [0.15, 0.2) is 17.9 Å². The molecule has 0 aliphatic heterocycles. The quantitative estimate of drug-likeness (QED) is 0.802. The lowest BCUT2D eigenvalue weighted by Crippen LogP contribution is -2.55. The van der Waals surface area contributed by atoms with Gasteiger partial charge in [0.05, 0.1) is 7.11 Å².